The molecule has 0 unspecified atom stereocenters. The summed E-state index contributed by atoms with van der Waals surface area (Å²) in [5.41, 5.74) is 0.940. The summed E-state index contributed by atoms with van der Waals surface area (Å²) in [6.07, 6.45) is 0.942. The van der Waals surface area contributed by atoms with Gasteiger partial charge in [0.15, 0.2) is 0 Å². The van der Waals surface area contributed by atoms with Gasteiger partial charge in [-0.3, -0.25) is 10.1 Å². The van der Waals surface area contributed by atoms with Crippen molar-refractivity contribution in [2.24, 2.45) is 5.10 Å². The maximum atomic E-state index is 12.2. The quantitative estimate of drug-likeness (QED) is 0.499. The van der Waals surface area contributed by atoms with Gasteiger partial charge in [0.05, 0.1) is 16.0 Å². The number of benzene rings is 2. The molecular formula is C15H14N3O5S-. The van der Waals surface area contributed by atoms with Gasteiger partial charge in [-0.1, -0.05) is 23.9 Å². The van der Waals surface area contributed by atoms with Crippen molar-refractivity contribution in [3.05, 3.63) is 63.2 Å². The number of nitrogens with zero attached hydrogens (tertiary/aromatic N) is 2. The van der Waals surface area contributed by atoms with Gasteiger partial charge in [0.25, 0.3) is 15.7 Å². The number of non-ortho nitro benzene ring substituents is 1. The van der Waals surface area contributed by atoms with E-state index in [9.17, 15) is 23.6 Å². The summed E-state index contributed by atoms with van der Waals surface area (Å²) in [6, 6.07) is 8.07. The van der Waals surface area contributed by atoms with E-state index in [0.29, 0.717) is 5.56 Å². The van der Waals surface area contributed by atoms with Crippen LogP contribution in [0, 0.1) is 24.0 Å². The van der Waals surface area contributed by atoms with E-state index in [-0.39, 0.29) is 16.1 Å². The molecule has 0 spiro atoms. The second-order valence-electron chi connectivity index (χ2n) is 5.10. The largest absolute Gasteiger partial charge is 0.872 e. The van der Waals surface area contributed by atoms with Gasteiger partial charge in [-0.05, 0) is 36.6 Å². The predicted molar refractivity (Wildman–Crippen MR) is 86.4 cm³/mol. The Morgan fingerprint density at radius 1 is 1.17 bits per heavy atom. The second kappa shape index (κ2) is 6.67. The van der Waals surface area contributed by atoms with Crippen LogP contribution in [0.5, 0.6) is 5.75 Å². The Balaban J connectivity index is 2.26. The molecule has 2 rings (SSSR count). The van der Waals surface area contributed by atoms with Gasteiger partial charge in [-0.15, -0.1) is 0 Å². The van der Waals surface area contributed by atoms with E-state index in [1.807, 2.05) is 4.83 Å². The van der Waals surface area contributed by atoms with E-state index in [2.05, 4.69) is 5.10 Å². The van der Waals surface area contributed by atoms with Crippen LogP contribution in [-0.4, -0.2) is 19.6 Å². The van der Waals surface area contributed by atoms with Crippen LogP contribution in [0.2, 0.25) is 0 Å². The smallest absolute Gasteiger partial charge is 0.276 e. The SMILES string of the molecule is Cc1ccc(C)c(S(=O)(=O)N/N=C\c2cc([N+](=O)[O-])ccc2[O-])c1. The zero-order valence-electron chi connectivity index (χ0n) is 12.9. The maximum Gasteiger partial charge on any atom is 0.276 e. The Morgan fingerprint density at radius 3 is 2.54 bits per heavy atom. The number of sulfonamides is 1. The molecule has 0 aliphatic rings. The van der Waals surface area contributed by atoms with Gasteiger partial charge in [0.2, 0.25) is 0 Å². The molecule has 0 aromatic heterocycles. The van der Waals surface area contributed by atoms with Crippen molar-refractivity contribution < 1.29 is 18.4 Å². The molecule has 2 aromatic rings. The van der Waals surface area contributed by atoms with Crippen molar-refractivity contribution in [2.45, 2.75) is 18.7 Å². The molecule has 0 amide bonds. The van der Waals surface area contributed by atoms with Crippen molar-refractivity contribution in [1.29, 1.82) is 0 Å². The molecule has 0 bridgehead atoms. The summed E-state index contributed by atoms with van der Waals surface area (Å²) in [6.45, 7) is 3.41. The minimum Gasteiger partial charge on any atom is -0.872 e. The molecule has 9 heteroatoms. The van der Waals surface area contributed by atoms with Gasteiger partial charge in [0.1, 0.15) is 0 Å². The van der Waals surface area contributed by atoms with Crippen LogP contribution in [0.4, 0.5) is 5.69 Å². The van der Waals surface area contributed by atoms with Crippen LogP contribution in [0.25, 0.3) is 0 Å². The lowest BCUT2D eigenvalue weighted by Gasteiger charge is -2.10. The van der Waals surface area contributed by atoms with E-state index in [0.717, 1.165) is 30.0 Å². The average Bonchev–Trinajstić information content (AvgIpc) is 2.51. The zero-order chi connectivity index (χ0) is 17.9. The van der Waals surface area contributed by atoms with E-state index in [1.165, 1.54) is 6.07 Å². The Kier molecular flexibility index (Phi) is 4.84. The highest BCUT2D eigenvalue weighted by molar-refractivity contribution is 7.89. The molecular weight excluding hydrogens is 334 g/mol. The summed E-state index contributed by atoms with van der Waals surface area (Å²) in [5.74, 6) is -0.504. The number of hydrazone groups is 1. The number of hydrogen-bond donors (Lipinski definition) is 1. The molecule has 0 radical (unpaired) electrons. The van der Waals surface area contributed by atoms with Gasteiger partial charge >= 0.3 is 0 Å². The Hall–Kier alpha value is -2.94. The average molecular weight is 348 g/mol. The fourth-order valence-corrected chi connectivity index (χ4v) is 3.08. The first-order valence-electron chi connectivity index (χ1n) is 6.78. The monoisotopic (exact) mass is 348 g/mol. The lowest BCUT2D eigenvalue weighted by atomic mass is 10.2. The van der Waals surface area contributed by atoms with Crippen LogP contribution >= 0.6 is 0 Å². The Morgan fingerprint density at radius 2 is 1.88 bits per heavy atom. The first kappa shape index (κ1) is 17.4. The Labute approximate surface area is 138 Å². The first-order chi connectivity index (χ1) is 11.2. The van der Waals surface area contributed by atoms with Gasteiger partial charge in [-0.2, -0.15) is 13.5 Å². The molecule has 0 aliphatic heterocycles. The summed E-state index contributed by atoms with van der Waals surface area (Å²) in [5, 5.41) is 25.9. The fraction of sp³-hybridized carbons (Fsp3) is 0.133. The van der Waals surface area contributed by atoms with Gasteiger partial charge in [0, 0.05) is 12.1 Å². The number of nitrogens with one attached hydrogen (secondary N) is 1. The highest BCUT2D eigenvalue weighted by Gasteiger charge is 2.15. The number of aryl methyl sites for hydroxylation is 2. The van der Waals surface area contributed by atoms with Crippen LogP contribution in [-0.2, 0) is 10.0 Å². The van der Waals surface area contributed by atoms with E-state index in [4.69, 9.17) is 0 Å². The fourth-order valence-electron chi connectivity index (χ4n) is 1.96. The minimum atomic E-state index is -3.91. The third kappa shape index (κ3) is 3.87. The molecule has 8 nitrogen and oxygen atoms in total. The third-order valence-corrected chi connectivity index (χ3v) is 4.58. The molecule has 126 valence electrons. The zero-order valence-corrected chi connectivity index (χ0v) is 13.7. The van der Waals surface area contributed by atoms with Crippen molar-refractivity contribution in [2.75, 3.05) is 0 Å². The van der Waals surface area contributed by atoms with Crippen LogP contribution < -0.4 is 9.94 Å². The first-order valence-corrected chi connectivity index (χ1v) is 8.26. The topological polar surface area (TPSA) is 125 Å². The van der Waals surface area contributed by atoms with Crippen LogP contribution in [0.15, 0.2) is 46.4 Å². The molecule has 24 heavy (non-hydrogen) atoms. The van der Waals surface area contributed by atoms with Crippen molar-refractivity contribution in [3.63, 3.8) is 0 Å². The highest BCUT2D eigenvalue weighted by Crippen LogP contribution is 2.19. The summed E-state index contributed by atoms with van der Waals surface area (Å²) < 4.78 is 24.5. The molecule has 0 fully saturated rings. The number of nitro benzene ring substituents is 1. The van der Waals surface area contributed by atoms with Crippen LogP contribution in [0.1, 0.15) is 16.7 Å². The number of rotatable bonds is 5. The molecule has 0 atom stereocenters. The summed E-state index contributed by atoms with van der Waals surface area (Å²) >= 11 is 0. The van der Waals surface area contributed by atoms with E-state index >= 15 is 0 Å². The molecule has 0 saturated carbocycles. The van der Waals surface area contributed by atoms with Gasteiger partial charge < -0.3 is 5.11 Å². The molecule has 0 saturated heterocycles. The lowest BCUT2D eigenvalue weighted by Crippen LogP contribution is -2.19. The standard InChI is InChI=1S/C15H15N3O5S/c1-10-3-4-11(2)15(7-10)24(22,23)17-16-9-12-8-13(18(20)21)5-6-14(12)19/h3-9,17,19H,1-2H3/p-1/b16-9-. The highest BCUT2D eigenvalue weighted by atomic mass is 32.2. The third-order valence-electron chi connectivity index (χ3n) is 3.21. The second-order valence-corrected chi connectivity index (χ2v) is 6.73. The van der Waals surface area contributed by atoms with E-state index < -0.39 is 20.7 Å². The van der Waals surface area contributed by atoms with Crippen LogP contribution in [0.3, 0.4) is 0 Å². The number of hydrogen-bond acceptors (Lipinski definition) is 6. The van der Waals surface area contributed by atoms with E-state index in [1.54, 1.807) is 26.0 Å². The predicted octanol–water partition coefficient (Wildman–Crippen LogP) is 1.60. The van der Waals surface area contributed by atoms with Crippen molar-refractivity contribution in [1.82, 2.24) is 4.83 Å². The summed E-state index contributed by atoms with van der Waals surface area (Å²) in [7, 11) is -3.91. The molecule has 1 N–H and O–H groups in total. The lowest BCUT2D eigenvalue weighted by molar-refractivity contribution is -0.385. The maximum absolute atomic E-state index is 12.2. The van der Waals surface area contributed by atoms with Crippen molar-refractivity contribution >= 4 is 21.9 Å². The van der Waals surface area contributed by atoms with Gasteiger partial charge in [-0.25, -0.2) is 4.83 Å². The molecule has 2 aromatic carbocycles. The minimum absolute atomic E-state index is 0.0704. The summed E-state index contributed by atoms with van der Waals surface area (Å²) in [4.78, 5) is 12.1. The number of nitro groups is 1. The molecule has 0 heterocycles. The van der Waals surface area contributed by atoms with Crippen molar-refractivity contribution in [3.8, 4) is 5.75 Å². The normalized spacial score (nSPS) is 11.6. The molecule has 0 aliphatic carbocycles. The Bertz CT molecular complexity index is 923.